The van der Waals surface area contributed by atoms with Crippen LogP contribution in [-0.4, -0.2) is 67.4 Å². The molecule has 1 unspecified atom stereocenters. The summed E-state index contributed by atoms with van der Waals surface area (Å²) in [7, 11) is 0. The molecular weight excluding hydrogens is 322 g/mol. The van der Waals surface area contributed by atoms with Crippen LogP contribution in [0.15, 0.2) is 0 Å². The Labute approximate surface area is 151 Å². The van der Waals surface area contributed by atoms with E-state index in [1.54, 1.807) is 27.7 Å². The number of carbonyl (C=O) groups is 2. The normalized spacial score (nSPS) is 18.5. The molecule has 1 rings (SSSR count). The maximum atomic E-state index is 12.3. The Morgan fingerprint density at radius 1 is 1.16 bits per heavy atom. The molecule has 146 valence electrons. The number of hydrogen-bond donors (Lipinski definition) is 2. The van der Waals surface area contributed by atoms with Crippen molar-refractivity contribution < 1.29 is 19.1 Å². The number of amides is 2. The van der Waals surface area contributed by atoms with E-state index in [0.717, 1.165) is 32.7 Å². The lowest BCUT2D eigenvalue weighted by molar-refractivity contribution is -0.123. The Hall–Kier alpha value is -1.34. The standard InChI is InChI=1S/C18H35N3O4/c1-13(2)11-15(21-7-9-24-10-8-21)12-19-16(22)14(3)20-17(23)25-18(4,5)6/h13-15H,7-12H2,1-6H3,(H,19,22)(H,20,23)/t14-,15?/m1/s1. The van der Waals surface area contributed by atoms with Crippen LogP contribution in [-0.2, 0) is 14.3 Å². The predicted octanol–water partition coefficient (Wildman–Crippen LogP) is 1.76. The molecule has 7 nitrogen and oxygen atoms in total. The topological polar surface area (TPSA) is 79.9 Å². The Morgan fingerprint density at radius 3 is 2.28 bits per heavy atom. The summed E-state index contributed by atoms with van der Waals surface area (Å²) in [4.78, 5) is 26.4. The molecule has 0 aromatic carbocycles. The molecule has 0 aromatic rings. The average Bonchev–Trinajstić information content (AvgIpc) is 2.49. The van der Waals surface area contributed by atoms with Crippen LogP contribution in [0.2, 0.25) is 0 Å². The number of ether oxygens (including phenoxy) is 2. The Balaban J connectivity index is 2.48. The highest BCUT2D eigenvalue weighted by molar-refractivity contribution is 5.85. The Morgan fingerprint density at radius 2 is 1.76 bits per heavy atom. The van der Waals surface area contributed by atoms with Crippen molar-refractivity contribution in [2.45, 2.75) is 65.6 Å². The minimum Gasteiger partial charge on any atom is -0.444 e. The highest BCUT2D eigenvalue weighted by atomic mass is 16.6. The fourth-order valence-electron chi connectivity index (χ4n) is 2.77. The largest absolute Gasteiger partial charge is 0.444 e. The average molecular weight is 357 g/mol. The lowest BCUT2D eigenvalue weighted by Gasteiger charge is -2.35. The molecule has 25 heavy (non-hydrogen) atoms. The van der Waals surface area contributed by atoms with E-state index in [4.69, 9.17) is 9.47 Å². The first kappa shape index (κ1) is 21.7. The molecule has 0 saturated carbocycles. The van der Waals surface area contributed by atoms with Gasteiger partial charge in [-0.1, -0.05) is 13.8 Å². The van der Waals surface area contributed by atoms with Gasteiger partial charge in [-0.2, -0.15) is 0 Å². The van der Waals surface area contributed by atoms with Crippen molar-refractivity contribution in [2.75, 3.05) is 32.8 Å². The number of nitrogens with zero attached hydrogens (tertiary/aromatic N) is 1. The maximum Gasteiger partial charge on any atom is 0.408 e. The fraction of sp³-hybridized carbons (Fsp3) is 0.889. The van der Waals surface area contributed by atoms with Crippen LogP contribution >= 0.6 is 0 Å². The van der Waals surface area contributed by atoms with Crippen molar-refractivity contribution in [3.8, 4) is 0 Å². The van der Waals surface area contributed by atoms with Gasteiger partial charge in [0.05, 0.1) is 13.2 Å². The molecule has 1 aliphatic rings. The second kappa shape index (κ2) is 9.97. The summed E-state index contributed by atoms with van der Waals surface area (Å²) in [5, 5.41) is 5.54. The molecule has 2 N–H and O–H groups in total. The minimum atomic E-state index is -0.640. The predicted molar refractivity (Wildman–Crippen MR) is 97.5 cm³/mol. The van der Waals surface area contributed by atoms with Crippen molar-refractivity contribution >= 4 is 12.0 Å². The molecule has 0 radical (unpaired) electrons. The van der Waals surface area contributed by atoms with Crippen LogP contribution in [0.5, 0.6) is 0 Å². The summed E-state index contributed by atoms with van der Waals surface area (Å²) in [6.07, 6.45) is 0.427. The number of rotatable bonds is 7. The van der Waals surface area contributed by atoms with E-state index in [-0.39, 0.29) is 11.9 Å². The second-order valence-corrected chi connectivity index (χ2v) is 8.04. The zero-order valence-corrected chi connectivity index (χ0v) is 16.6. The zero-order chi connectivity index (χ0) is 19.0. The number of morpholine rings is 1. The van der Waals surface area contributed by atoms with Crippen LogP contribution < -0.4 is 10.6 Å². The molecular formula is C18H35N3O4. The van der Waals surface area contributed by atoms with E-state index in [2.05, 4.69) is 29.4 Å². The van der Waals surface area contributed by atoms with Gasteiger partial charge in [0.2, 0.25) is 5.91 Å². The maximum absolute atomic E-state index is 12.3. The molecule has 1 aliphatic heterocycles. The molecule has 1 heterocycles. The van der Waals surface area contributed by atoms with Crippen LogP contribution in [0.25, 0.3) is 0 Å². The summed E-state index contributed by atoms with van der Waals surface area (Å²) in [6, 6.07) is -0.360. The lowest BCUT2D eigenvalue weighted by Crippen LogP contribution is -2.52. The van der Waals surface area contributed by atoms with Crippen LogP contribution in [0.4, 0.5) is 4.79 Å². The zero-order valence-electron chi connectivity index (χ0n) is 16.6. The minimum absolute atomic E-state index is 0.201. The molecule has 7 heteroatoms. The number of hydrogen-bond acceptors (Lipinski definition) is 5. The van der Waals surface area contributed by atoms with Crippen LogP contribution in [0, 0.1) is 5.92 Å². The highest BCUT2D eigenvalue weighted by Gasteiger charge is 2.25. The van der Waals surface area contributed by atoms with Gasteiger partial charge in [-0.3, -0.25) is 9.69 Å². The second-order valence-electron chi connectivity index (χ2n) is 8.04. The number of carbonyl (C=O) groups excluding carboxylic acids is 2. The monoisotopic (exact) mass is 357 g/mol. The SMILES string of the molecule is CC(C)CC(CNC(=O)[C@@H](C)NC(=O)OC(C)(C)C)N1CCOCC1. The first-order chi connectivity index (χ1) is 11.6. The number of nitrogens with one attached hydrogen (secondary N) is 2. The van der Waals surface area contributed by atoms with Crippen LogP contribution in [0.3, 0.4) is 0 Å². The van der Waals surface area contributed by atoms with Gasteiger partial charge in [0, 0.05) is 25.7 Å². The van der Waals surface area contributed by atoms with Gasteiger partial charge in [0.25, 0.3) is 0 Å². The molecule has 1 fully saturated rings. The molecule has 1 saturated heterocycles. The van der Waals surface area contributed by atoms with Gasteiger partial charge in [0.15, 0.2) is 0 Å². The van der Waals surface area contributed by atoms with Crippen molar-refractivity contribution in [2.24, 2.45) is 5.92 Å². The summed E-state index contributed by atoms with van der Waals surface area (Å²) < 4.78 is 10.6. The van der Waals surface area contributed by atoms with Crippen LogP contribution in [0.1, 0.15) is 48.0 Å². The third-order valence-corrected chi connectivity index (χ3v) is 3.94. The molecule has 2 atom stereocenters. The van der Waals surface area contributed by atoms with E-state index in [1.807, 2.05) is 0 Å². The van der Waals surface area contributed by atoms with Gasteiger partial charge in [0.1, 0.15) is 11.6 Å². The van der Waals surface area contributed by atoms with E-state index in [9.17, 15) is 9.59 Å². The Kier molecular flexibility index (Phi) is 8.65. The third-order valence-electron chi connectivity index (χ3n) is 3.94. The van der Waals surface area contributed by atoms with Gasteiger partial charge in [-0.25, -0.2) is 4.79 Å². The summed E-state index contributed by atoms with van der Waals surface area (Å²) in [5.74, 6) is 0.343. The van der Waals surface area contributed by atoms with Crippen molar-refractivity contribution in [3.63, 3.8) is 0 Å². The molecule has 0 spiro atoms. The van der Waals surface area contributed by atoms with E-state index < -0.39 is 17.7 Å². The van der Waals surface area contributed by atoms with Gasteiger partial charge < -0.3 is 20.1 Å². The first-order valence-electron chi connectivity index (χ1n) is 9.17. The number of alkyl carbamates (subject to hydrolysis) is 1. The smallest absolute Gasteiger partial charge is 0.408 e. The van der Waals surface area contributed by atoms with Gasteiger partial charge >= 0.3 is 6.09 Å². The highest BCUT2D eigenvalue weighted by Crippen LogP contribution is 2.13. The molecule has 2 amide bonds. The van der Waals surface area contributed by atoms with Crippen molar-refractivity contribution in [1.82, 2.24) is 15.5 Å². The summed E-state index contributed by atoms with van der Waals surface area (Å²) >= 11 is 0. The third kappa shape index (κ3) is 9.07. The summed E-state index contributed by atoms with van der Waals surface area (Å²) in [6.45, 7) is 15.2. The first-order valence-corrected chi connectivity index (χ1v) is 9.17. The fourth-order valence-corrected chi connectivity index (χ4v) is 2.77. The quantitative estimate of drug-likeness (QED) is 0.726. The Bertz CT molecular complexity index is 429. The van der Waals surface area contributed by atoms with E-state index >= 15 is 0 Å². The van der Waals surface area contributed by atoms with Crippen molar-refractivity contribution in [3.05, 3.63) is 0 Å². The van der Waals surface area contributed by atoms with Gasteiger partial charge in [-0.05, 0) is 40.0 Å². The molecule has 0 aromatic heterocycles. The lowest BCUT2D eigenvalue weighted by atomic mass is 10.0. The van der Waals surface area contributed by atoms with E-state index in [1.165, 1.54) is 0 Å². The van der Waals surface area contributed by atoms with Gasteiger partial charge in [-0.15, -0.1) is 0 Å². The molecule has 0 bridgehead atoms. The summed E-state index contributed by atoms with van der Waals surface area (Å²) in [5.41, 5.74) is -0.584. The van der Waals surface area contributed by atoms with E-state index in [0.29, 0.717) is 12.5 Å². The van der Waals surface area contributed by atoms with Crippen molar-refractivity contribution in [1.29, 1.82) is 0 Å². The molecule has 0 aliphatic carbocycles.